The number of hydrogen-bond acceptors (Lipinski definition) is 6. The third-order valence-electron chi connectivity index (χ3n) is 3.35. The molecule has 0 bridgehead atoms. The maximum absolute atomic E-state index is 12.1. The topological polar surface area (TPSA) is 123 Å². The highest BCUT2D eigenvalue weighted by Gasteiger charge is 2.20. The number of hydrogen-bond donors (Lipinski definition) is 3. The van der Waals surface area contributed by atoms with E-state index in [0.29, 0.717) is 17.9 Å². The van der Waals surface area contributed by atoms with Crippen LogP contribution in [0.1, 0.15) is 20.7 Å². The summed E-state index contributed by atoms with van der Waals surface area (Å²) in [6.07, 6.45) is 1.60. The average molecular weight is 400 g/mol. The van der Waals surface area contributed by atoms with Gasteiger partial charge >= 0.3 is 0 Å². The molecule has 0 unspecified atom stereocenters. The van der Waals surface area contributed by atoms with Crippen molar-refractivity contribution in [1.82, 2.24) is 16.2 Å². The van der Waals surface area contributed by atoms with Gasteiger partial charge < -0.3 is 4.74 Å². The van der Waals surface area contributed by atoms with Crippen LogP contribution in [-0.4, -0.2) is 28.5 Å². The molecule has 0 aliphatic heterocycles. The minimum atomic E-state index is -0.775. The van der Waals surface area contributed by atoms with Crippen LogP contribution in [0.15, 0.2) is 61.2 Å². The van der Waals surface area contributed by atoms with Gasteiger partial charge in [0.25, 0.3) is 17.5 Å². The first-order chi connectivity index (χ1) is 13.4. The van der Waals surface area contributed by atoms with E-state index < -0.39 is 16.7 Å². The van der Waals surface area contributed by atoms with Crippen molar-refractivity contribution >= 4 is 34.8 Å². The Labute approximate surface area is 165 Å². The molecule has 2 aromatic carbocycles. The first-order valence-corrected chi connectivity index (χ1v) is 8.32. The number of nitro benzene ring substituents is 1. The lowest BCUT2D eigenvalue weighted by molar-refractivity contribution is -0.385. The van der Waals surface area contributed by atoms with Crippen molar-refractivity contribution in [1.29, 1.82) is 0 Å². The summed E-state index contributed by atoms with van der Waals surface area (Å²) in [5.41, 5.74) is 4.50. The second-order valence-electron chi connectivity index (χ2n) is 5.26. The summed E-state index contributed by atoms with van der Waals surface area (Å²) < 4.78 is 5.32. The third-order valence-corrected chi connectivity index (χ3v) is 3.55. The minimum Gasteiger partial charge on any atom is -0.490 e. The number of thiocarbonyl (C=S) groups is 1. The largest absolute Gasteiger partial charge is 0.490 e. The lowest BCUT2D eigenvalue weighted by Crippen LogP contribution is -2.48. The first kappa shape index (κ1) is 20.5. The lowest BCUT2D eigenvalue weighted by atomic mass is 10.1. The molecule has 10 heteroatoms. The molecule has 0 heterocycles. The maximum Gasteiger partial charge on any atom is 0.282 e. The first-order valence-electron chi connectivity index (χ1n) is 7.91. The van der Waals surface area contributed by atoms with Crippen molar-refractivity contribution in [2.75, 3.05) is 6.61 Å². The molecule has 0 aliphatic rings. The highest BCUT2D eigenvalue weighted by atomic mass is 32.1. The standard InChI is InChI=1S/C18H16N4O5S/c1-2-11-27-13-9-7-12(8-10-13)16(23)20-21-18(28)19-17(24)14-5-3-4-6-15(14)22(25)26/h2-10H,1,11H2,(H,20,23)(H2,19,21,24,28). The monoisotopic (exact) mass is 400 g/mol. The zero-order chi connectivity index (χ0) is 20.5. The molecule has 0 aromatic heterocycles. The van der Waals surface area contributed by atoms with E-state index in [2.05, 4.69) is 22.7 Å². The van der Waals surface area contributed by atoms with E-state index in [4.69, 9.17) is 17.0 Å². The summed E-state index contributed by atoms with van der Waals surface area (Å²) in [6.45, 7) is 3.89. The van der Waals surface area contributed by atoms with Gasteiger partial charge in [-0.25, -0.2) is 0 Å². The van der Waals surface area contributed by atoms with Gasteiger partial charge in [-0.2, -0.15) is 0 Å². The minimum absolute atomic E-state index is 0.155. The molecule has 0 saturated carbocycles. The van der Waals surface area contributed by atoms with Crippen LogP contribution in [0.3, 0.4) is 0 Å². The van der Waals surface area contributed by atoms with Crippen molar-refractivity contribution in [2.24, 2.45) is 0 Å². The van der Waals surface area contributed by atoms with E-state index in [-0.39, 0.29) is 16.4 Å². The molecule has 0 spiro atoms. The van der Waals surface area contributed by atoms with Crippen LogP contribution in [0, 0.1) is 10.1 Å². The number of nitrogens with zero attached hydrogens (tertiary/aromatic N) is 1. The summed E-state index contributed by atoms with van der Waals surface area (Å²) in [7, 11) is 0. The van der Waals surface area contributed by atoms with E-state index in [1.807, 2.05) is 0 Å². The Bertz CT molecular complexity index is 914. The number of amides is 2. The molecule has 2 rings (SSSR count). The zero-order valence-corrected chi connectivity index (χ0v) is 15.3. The van der Waals surface area contributed by atoms with Crippen molar-refractivity contribution in [3.05, 3.63) is 82.4 Å². The van der Waals surface area contributed by atoms with Crippen molar-refractivity contribution in [3.63, 3.8) is 0 Å². The van der Waals surface area contributed by atoms with Crippen LogP contribution in [0.4, 0.5) is 5.69 Å². The van der Waals surface area contributed by atoms with Crippen molar-refractivity contribution in [3.8, 4) is 5.75 Å². The van der Waals surface area contributed by atoms with Crippen LogP contribution in [0.5, 0.6) is 5.75 Å². The van der Waals surface area contributed by atoms with Gasteiger partial charge in [-0.15, -0.1) is 0 Å². The highest BCUT2D eigenvalue weighted by molar-refractivity contribution is 7.80. The van der Waals surface area contributed by atoms with E-state index in [0.717, 1.165) is 0 Å². The fourth-order valence-corrected chi connectivity index (χ4v) is 2.21. The molecule has 144 valence electrons. The van der Waals surface area contributed by atoms with Gasteiger partial charge in [0, 0.05) is 11.6 Å². The molecule has 28 heavy (non-hydrogen) atoms. The SMILES string of the molecule is C=CCOc1ccc(C(=O)NNC(=S)NC(=O)c2ccccc2[N+](=O)[O-])cc1. The molecule has 0 fully saturated rings. The molecular formula is C18H16N4O5S. The average Bonchev–Trinajstić information content (AvgIpc) is 2.70. The number of rotatable bonds is 6. The van der Waals surface area contributed by atoms with Gasteiger partial charge in [-0.1, -0.05) is 24.8 Å². The highest BCUT2D eigenvalue weighted by Crippen LogP contribution is 2.17. The number of para-hydroxylation sites is 1. The summed E-state index contributed by atoms with van der Waals surface area (Å²) in [6, 6.07) is 11.8. The number of ether oxygens (including phenoxy) is 1. The Morgan fingerprint density at radius 1 is 1.11 bits per heavy atom. The molecule has 2 aromatic rings. The predicted octanol–water partition coefficient (Wildman–Crippen LogP) is 2.11. The van der Waals surface area contributed by atoms with Gasteiger partial charge in [0.15, 0.2) is 5.11 Å². The van der Waals surface area contributed by atoms with E-state index in [9.17, 15) is 19.7 Å². The second-order valence-corrected chi connectivity index (χ2v) is 5.67. The fourth-order valence-electron chi connectivity index (χ4n) is 2.07. The molecule has 0 saturated heterocycles. The van der Waals surface area contributed by atoms with Crippen LogP contribution < -0.4 is 20.9 Å². The normalized spacial score (nSPS) is 9.71. The summed E-state index contributed by atoms with van der Waals surface area (Å²) in [5.74, 6) is -0.697. The van der Waals surface area contributed by atoms with Crippen molar-refractivity contribution in [2.45, 2.75) is 0 Å². The number of nitro groups is 1. The molecule has 3 N–H and O–H groups in total. The van der Waals surface area contributed by atoms with Gasteiger partial charge in [0.2, 0.25) is 0 Å². The summed E-state index contributed by atoms with van der Waals surface area (Å²) in [4.78, 5) is 34.5. The predicted molar refractivity (Wildman–Crippen MR) is 106 cm³/mol. The van der Waals surface area contributed by atoms with Crippen LogP contribution >= 0.6 is 12.2 Å². The smallest absolute Gasteiger partial charge is 0.282 e. The third kappa shape index (κ3) is 5.61. The molecule has 2 amide bonds. The Balaban J connectivity index is 1.90. The Hall–Kier alpha value is -3.79. The second kappa shape index (κ2) is 9.78. The summed E-state index contributed by atoms with van der Waals surface area (Å²) in [5, 5.41) is 13.0. The molecule has 0 radical (unpaired) electrons. The zero-order valence-electron chi connectivity index (χ0n) is 14.5. The molecule has 0 atom stereocenters. The van der Waals surface area contributed by atoms with Gasteiger partial charge in [-0.05, 0) is 42.5 Å². The molecule has 0 aliphatic carbocycles. The van der Waals surface area contributed by atoms with Gasteiger partial charge in [0.1, 0.15) is 17.9 Å². The summed E-state index contributed by atoms with van der Waals surface area (Å²) >= 11 is 4.92. The number of hydrazine groups is 1. The quantitative estimate of drug-likeness (QED) is 0.294. The van der Waals surface area contributed by atoms with Crippen LogP contribution in [0.25, 0.3) is 0 Å². The number of nitrogens with one attached hydrogen (secondary N) is 3. The van der Waals surface area contributed by atoms with Crippen LogP contribution in [0.2, 0.25) is 0 Å². The fraction of sp³-hybridized carbons (Fsp3) is 0.0556. The van der Waals surface area contributed by atoms with Gasteiger partial charge in [0.05, 0.1) is 4.92 Å². The van der Waals surface area contributed by atoms with Gasteiger partial charge in [-0.3, -0.25) is 35.9 Å². The van der Waals surface area contributed by atoms with Crippen LogP contribution in [-0.2, 0) is 0 Å². The molecule has 9 nitrogen and oxygen atoms in total. The van der Waals surface area contributed by atoms with Crippen molar-refractivity contribution < 1.29 is 19.2 Å². The Morgan fingerprint density at radius 3 is 2.43 bits per heavy atom. The maximum atomic E-state index is 12.1. The van der Waals surface area contributed by atoms with E-state index >= 15 is 0 Å². The lowest BCUT2D eigenvalue weighted by Gasteiger charge is -2.11. The Kier molecular flexibility index (Phi) is 7.17. The van der Waals surface area contributed by atoms with E-state index in [1.165, 1.54) is 24.3 Å². The number of carbonyl (C=O) groups is 2. The molecular weight excluding hydrogens is 384 g/mol. The Morgan fingerprint density at radius 2 is 1.79 bits per heavy atom. The number of benzene rings is 2. The number of carbonyl (C=O) groups excluding carboxylic acids is 2. The van der Waals surface area contributed by atoms with E-state index in [1.54, 1.807) is 30.3 Å².